The summed E-state index contributed by atoms with van der Waals surface area (Å²) in [6.45, 7) is 1.88. The van der Waals surface area contributed by atoms with Crippen LogP contribution < -0.4 is 5.32 Å². The topological polar surface area (TPSA) is 12.0 Å². The molecule has 0 amide bonds. The Labute approximate surface area is 115 Å². The zero-order chi connectivity index (χ0) is 13.8. The molecule has 7 heteroatoms. The van der Waals surface area contributed by atoms with Gasteiger partial charge in [0.15, 0.2) is 0 Å². The van der Waals surface area contributed by atoms with Gasteiger partial charge in [0, 0.05) is 28.4 Å². The van der Waals surface area contributed by atoms with Gasteiger partial charge in [-0.2, -0.15) is 13.2 Å². The van der Waals surface area contributed by atoms with Gasteiger partial charge in [-0.3, -0.25) is 0 Å². The molecule has 0 aliphatic heterocycles. The normalized spacial score (nSPS) is 13.7. The third-order valence-corrected chi connectivity index (χ3v) is 3.48. The number of hydrogen-bond donors (Lipinski definition) is 1. The second kappa shape index (κ2) is 6.77. The van der Waals surface area contributed by atoms with Gasteiger partial charge < -0.3 is 5.32 Å². The van der Waals surface area contributed by atoms with Crippen molar-refractivity contribution in [1.29, 1.82) is 0 Å². The maximum absolute atomic E-state index is 13.5. The first-order valence-corrected chi connectivity index (χ1v) is 6.96. The minimum Gasteiger partial charge on any atom is -0.309 e. The Bertz CT molecular complexity index is 397. The van der Waals surface area contributed by atoms with Crippen LogP contribution in [0.2, 0.25) is 0 Å². The van der Waals surface area contributed by atoms with E-state index in [0.717, 1.165) is 0 Å². The van der Waals surface area contributed by atoms with Crippen molar-refractivity contribution < 1.29 is 17.6 Å². The summed E-state index contributed by atoms with van der Waals surface area (Å²) < 4.78 is 49.8. The fraction of sp³-hybridized carbons (Fsp3) is 0.455. The molecule has 0 radical (unpaired) electrons. The Morgan fingerprint density at radius 3 is 2.61 bits per heavy atom. The van der Waals surface area contributed by atoms with E-state index in [0.29, 0.717) is 10.0 Å². The van der Waals surface area contributed by atoms with Crippen LogP contribution in [-0.2, 0) is 0 Å². The summed E-state index contributed by atoms with van der Waals surface area (Å²) in [5, 5.41) is 2.86. The van der Waals surface area contributed by atoms with Crippen molar-refractivity contribution in [3.63, 3.8) is 0 Å². The number of thioether (sulfide) groups is 1. The van der Waals surface area contributed by atoms with Gasteiger partial charge in [0.05, 0.1) is 0 Å². The van der Waals surface area contributed by atoms with E-state index in [1.165, 1.54) is 6.07 Å². The van der Waals surface area contributed by atoms with Gasteiger partial charge >= 0.3 is 5.51 Å². The van der Waals surface area contributed by atoms with Gasteiger partial charge in [-0.05, 0) is 30.8 Å². The standard InChI is InChI=1S/C11H12BrF4NS/c1-7(17-4-5-18-11(14,15)16)9-3-2-8(12)6-10(9)13/h2-3,6-7,17H,4-5H2,1H3. The SMILES string of the molecule is CC(NCCSC(F)(F)F)c1ccc(Br)cc1F. The lowest BCUT2D eigenvalue weighted by Crippen LogP contribution is -2.23. The molecule has 0 fully saturated rings. The zero-order valence-corrected chi connectivity index (χ0v) is 11.9. The molecule has 1 atom stereocenters. The maximum Gasteiger partial charge on any atom is 0.441 e. The Hall–Kier alpha value is -0.270. The van der Waals surface area contributed by atoms with E-state index in [2.05, 4.69) is 21.2 Å². The largest absolute Gasteiger partial charge is 0.441 e. The Balaban J connectivity index is 2.43. The van der Waals surface area contributed by atoms with Crippen LogP contribution in [0.4, 0.5) is 17.6 Å². The highest BCUT2D eigenvalue weighted by atomic mass is 79.9. The zero-order valence-electron chi connectivity index (χ0n) is 9.52. The molecule has 0 saturated heterocycles. The number of hydrogen-bond acceptors (Lipinski definition) is 2. The van der Waals surface area contributed by atoms with Crippen LogP contribution in [0.1, 0.15) is 18.5 Å². The average molecular weight is 346 g/mol. The predicted octanol–water partition coefficient (Wildman–Crippen LogP) is 4.49. The summed E-state index contributed by atoms with van der Waals surface area (Å²) in [7, 11) is 0. The Morgan fingerprint density at radius 1 is 1.39 bits per heavy atom. The van der Waals surface area contributed by atoms with E-state index in [4.69, 9.17) is 0 Å². The molecule has 1 unspecified atom stereocenters. The minimum atomic E-state index is -4.21. The molecule has 0 aromatic heterocycles. The van der Waals surface area contributed by atoms with Crippen LogP contribution in [0.5, 0.6) is 0 Å². The van der Waals surface area contributed by atoms with Gasteiger partial charge in [0.2, 0.25) is 0 Å². The van der Waals surface area contributed by atoms with E-state index in [9.17, 15) is 17.6 Å². The van der Waals surface area contributed by atoms with Gasteiger partial charge in [-0.25, -0.2) is 4.39 Å². The quantitative estimate of drug-likeness (QED) is 0.623. The Kier molecular flexibility index (Phi) is 5.94. The van der Waals surface area contributed by atoms with E-state index >= 15 is 0 Å². The number of nitrogens with one attached hydrogen (secondary N) is 1. The van der Waals surface area contributed by atoms with E-state index < -0.39 is 5.51 Å². The smallest absolute Gasteiger partial charge is 0.309 e. The highest BCUT2D eigenvalue weighted by molar-refractivity contribution is 9.10. The fourth-order valence-electron chi connectivity index (χ4n) is 1.40. The summed E-state index contributed by atoms with van der Waals surface area (Å²) in [6, 6.07) is 4.31. The molecule has 1 rings (SSSR count). The van der Waals surface area contributed by atoms with Gasteiger partial charge in [-0.1, -0.05) is 22.0 Å². The van der Waals surface area contributed by atoms with E-state index in [-0.39, 0.29) is 35.9 Å². The average Bonchev–Trinajstić information content (AvgIpc) is 2.22. The lowest BCUT2D eigenvalue weighted by atomic mass is 10.1. The molecule has 0 aliphatic carbocycles. The summed E-state index contributed by atoms with van der Waals surface area (Å²) in [5.41, 5.74) is -3.77. The maximum atomic E-state index is 13.5. The molecule has 102 valence electrons. The molecule has 1 nitrogen and oxygen atoms in total. The van der Waals surface area contributed by atoms with Crippen molar-refractivity contribution in [3.8, 4) is 0 Å². The van der Waals surface area contributed by atoms with E-state index in [1.807, 2.05) is 0 Å². The second-order valence-electron chi connectivity index (χ2n) is 3.64. The Morgan fingerprint density at radius 2 is 2.06 bits per heavy atom. The molecule has 18 heavy (non-hydrogen) atoms. The number of rotatable bonds is 5. The summed E-state index contributed by atoms with van der Waals surface area (Å²) in [4.78, 5) is 0. The van der Waals surface area contributed by atoms with Crippen molar-refractivity contribution in [3.05, 3.63) is 34.1 Å². The number of alkyl halides is 3. The van der Waals surface area contributed by atoms with Crippen LogP contribution in [0, 0.1) is 5.82 Å². The third-order valence-electron chi connectivity index (χ3n) is 2.25. The molecule has 1 aromatic rings. The molecule has 0 heterocycles. The fourth-order valence-corrected chi connectivity index (χ4v) is 2.19. The first kappa shape index (κ1) is 15.8. The van der Waals surface area contributed by atoms with Crippen molar-refractivity contribution in [1.82, 2.24) is 5.32 Å². The monoisotopic (exact) mass is 345 g/mol. The van der Waals surface area contributed by atoms with Crippen molar-refractivity contribution in [2.75, 3.05) is 12.3 Å². The molecule has 0 bridgehead atoms. The lowest BCUT2D eigenvalue weighted by molar-refractivity contribution is -0.0327. The molecule has 1 N–H and O–H groups in total. The molecule has 0 saturated carbocycles. The predicted molar refractivity (Wildman–Crippen MR) is 69.0 cm³/mol. The molecule has 0 aliphatic rings. The number of benzene rings is 1. The summed E-state index contributed by atoms with van der Waals surface area (Å²) >= 11 is 3.06. The molecule has 0 spiro atoms. The summed E-state index contributed by atoms with van der Waals surface area (Å²) in [5.74, 6) is -0.473. The summed E-state index contributed by atoms with van der Waals surface area (Å²) in [6.07, 6.45) is 0. The van der Waals surface area contributed by atoms with E-state index in [1.54, 1.807) is 19.1 Å². The highest BCUT2D eigenvalue weighted by Gasteiger charge is 2.27. The van der Waals surface area contributed by atoms with Crippen molar-refractivity contribution in [2.45, 2.75) is 18.5 Å². The molecule has 1 aromatic carbocycles. The lowest BCUT2D eigenvalue weighted by Gasteiger charge is -2.15. The second-order valence-corrected chi connectivity index (χ2v) is 5.71. The first-order chi connectivity index (χ1) is 8.29. The third kappa shape index (κ3) is 5.58. The van der Waals surface area contributed by atoms with Crippen molar-refractivity contribution in [2.24, 2.45) is 0 Å². The van der Waals surface area contributed by atoms with Gasteiger partial charge in [0.1, 0.15) is 5.82 Å². The van der Waals surface area contributed by atoms with Crippen LogP contribution in [0.15, 0.2) is 22.7 Å². The highest BCUT2D eigenvalue weighted by Crippen LogP contribution is 2.29. The molecular weight excluding hydrogens is 334 g/mol. The van der Waals surface area contributed by atoms with Crippen LogP contribution in [0.25, 0.3) is 0 Å². The first-order valence-electron chi connectivity index (χ1n) is 5.18. The van der Waals surface area contributed by atoms with Crippen molar-refractivity contribution >= 4 is 27.7 Å². The number of halogens is 5. The molecular formula is C11H12BrF4NS. The van der Waals surface area contributed by atoms with Crippen LogP contribution >= 0.6 is 27.7 Å². The van der Waals surface area contributed by atoms with Crippen LogP contribution in [0.3, 0.4) is 0 Å². The van der Waals surface area contributed by atoms with Gasteiger partial charge in [0.25, 0.3) is 0 Å². The van der Waals surface area contributed by atoms with Gasteiger partial charge in [-0.15, -0.1) is 0 Å². The minimum absolute atomic E-state index is 0.0864. The van der Waals surface area contributed by atoms with Crippen LogP contribution in [-0.4, -0.2) is 17.8 Å².